The van der Waals surface area contributed by atoms with Gasteiger partial charge in [-0.3, -0.25) is 4.79 Å². The number of nitrogens with one attached hydrogen (secondary N) is 1. The van der Waals surface area contributed by atoms with Gasteiger partial charge in [0, 0.05) is 25.7 Å². The highest BCUT2D eigenvalue weighted by atomic mass is 16.5. The third-order valence-electron chi connectivity index (χ3n) is 4.32. The van der Waals surface area contributed by atoms with Crippen molar-refractivity contribution in [3.63, 3.8) is 0 Å². The molecule has 0 bridgehead atoms. The van der Waals surface area contributed by atoms with Gasteiger partial charge < -0.3 is 15.0 Å². The predicted molar refractivity (Wildman–Crippen MR) is 76.1 cm³/mol. The second-order valence-corrected chi connectivity index (χ2v) is 5.97. The van der Waals surface area contributed by atoms with Crippen LogP contribution in [0.4, 0.5) is 0 Å². The lowest BCUT2D eigenvalue weighted by molar-refractivity contribution is -0.133. The van der Waals surface area contributed by atoms with Gasteiger partial charge in [0.15, 0.2) is 0 Å². The molecule has 2 aliphatic heterocycles. The number of rotatable bonds is 4. The average molecular weight is 268 g/mol. The van der Waals surface area contributed by atoms with E-state index in [1.54, 1.807) is 0 Å². The Hall–Kier alpha value is -0.610. The van der Waals surface area contributed by atoms with Crippen LogP contribution in [0.2, 0.25) is 0 Å². The van der Waals surface area contributed by atoms with Gasteiger partial charge in [0.25, 0.3) is 0 Å². The van der Waals surface area contributed by atoms with E-state index in [0.29, 0.717) is 0 Å². The number of hydrogen-bond acceptors (Lipinski definition) is 3. The van der Waals surface area contributed by atoms with Crippen LogP contribution in [-0.4, -0.2) is 48.7 Å². The highest BCUT2D eigenvalue weighted by molar-refractivity contribution is 5.81. The van der Waals surface area contributed by atoms with E-state index in [2.05, 4.69) is 12.2 Å². The normalized spacial score (nSPS) is 27.9. The van der Waals surface area contributed by atoms with E-state index in [4.69, 9.17) is 4.74 Å². The predicted octanol–water partition coefficient (Wildman–Crippen LogP) is 1.93. The van der Waals surface area contributed by atoms with Crippen LogP contribution >= 0.6 is 0 Å². The van der Waals surface area contributed by atoms with Crippen molar-refractivity contribution in [2.45, 2.75) is 70.6 Å². The van der Waals surface area contributed by atoms with Gasteiger partial charge in [-0.05, 0) is 39.5 Å². The molecule has 4 nitrogen and oxygen atoms in total. The summed E-state index contributed by atoms with van der Waals surface area (Å²) in [5.74, 6) is 0.256. The van der Waals surface area contributed by atoms with Crippen LogP contribution in [0.25, 0.3) is 0 Å². The first kappa shape index (κ1) is 14.8. The molecule has 3 atom stereocenters. The molecule has 2 aliphatic rings. The van der Waals surface area contributed by atoms with Crippen molar-refractivity contribution in [3.8, 4) is 0 Å². The molecule has 0 aromatic rings. The zero-order valence-electron chi connectivity index (χ0n) is 12.4. The fraction of sp³-hybridized carbons (Fsp3) is 0.933. The number of carbonyl (C=O) groups excluding carboxylic acids is 1. The fourth-order valence-electron chi connectivity index (χ4n) is 3.13. The lowest BCUT2D eigenvalue weighted by atomic mass is 10.1. The van der Waals surface area contributed by atoms with E-state index in [9.17, 15) is 4.79 Å². The molecule has 0 saturated carbocycles. The summed E-state index contributed by atoms with van der Waals surface area (Å²) in [4.78, 5) is 14.5. The summed E-state index contributed by atoms with van der Waals surface area (Å²) in [6.45, 7) is 6.84. The Bertz CT molecular complexity index is 282. The van der Waals surface area contributed by atoms with Gasteiger partial charge in [-0.25, -0.2) is 0 Å². The summed E-state index contributed by atoms with van der Waals surface area (Å²) in [6, 6.07) is 0.158. The molecular weight excluding hydrogens is 240 g/mol. The number of carbonyl (C=O) groups is 1. The second-order valence-electron chi connectivity index (χ2n) is 5.97. The summed E-state index contributed by atoms with van der Waals surface area (Å²) in [7, 11) is 0. The Labute approximate surface area is 116 Å². The number of hydrogen-bond donors (Lipinski definition) is 1. The van der Waals surface area contributed by atoms with E-state index in [0.717, 1.165) is 45.4 Å². The first-order valence-corrected chi connectivity index (χ1v) is 7.85. The molecule has 2 fully saturated rings. The molecule has 110 valence electrons. The summed E-state index contributed by atoms with van der Waals surface area (Å²) < 4.78 is 5.67. The Morgan fingerprint density at radius 3 is 2.42 bits per heavy atom. The molecule has 4 heteroatoms. The van der Waals surface area contributed by atoms with Crippen LogP contribution in [0.3, 0.4) is 0 Å². The third-order valence-corrected chi connectivity index (χ3v) is 4.32. The Kier molecular flexibility index (Phi) is 5.64. The van der Waals surface area contributed by atoms with E-state index in [1.807, 2.05) is 11.8 Å². The fourth-order valence-corrected chi connectivity index (χ4v) is 3.13. The minimum absolute atomic E-state index is 0.0997. The van der Waals surface area contributed by atoms with Crippen molar-refractivity contribution in [2.75, 3.05) is 19.7 Å². The number of nitrogens with zero attached hydrogens (tertiary/aromatic N) is 1. The van der Waals surface area contributed by atoms with Gasteiger partial charge in [0.2, 0.25) is 5.91 Å². The third kappa shape index (κ3) is 4.18. The molecule has 0 aromatic heterocycles. The van der Waals surface area contributed by atoms with Gasteiger partial charge in [0.05, 0.1) is 12.1 Å². The minimum atomic E-state index is -0.0997. The Morgan fingerprint density at radius 2 is 1.84 bits per heavy atom. The zero-order chi connectivity index (χ0) is 13.7. The lowest BCUT2D eigenvalue weighted by Crippen LogP contribution is -2.50. The lowest BCUT2D eigenvalue weighted by Gasteiger charge is -2.28. The SMILES string of the molecule is CC(NC(C)C1CCCO1)C(=O)N1CCCCCC1. The van der Waals surface area contributed by atoms with E-state index < -0.39 is 0 Å². The van der Waals surface area contributed by atoms with Crippen molar-refractivity contribution < 1.29 is 9.53 Å². The molecular formula is C15H28N2O2. The molecule has 0 spiro atoms. The topological polar surface area (TPSA) is 41.6 Å². The quantitative estimate of drug-likeness (QED) is 0.847. The molecule has 0 aliphatic carbocycles. The summed E-state index contributed by atoms with van der Waals surface area (Å²) >= 11 is 0. The highest BCUT2D eigenvalue weighted by Crippen LogP contribution is 2.16. The molecule has 0 aromatic carbocycles. The van der Waals surface area contributed by atoms with Crippen molar-refractivity contribution >= 4 is 5.91 Å². The smallest absolute Gasteiger partial charge is 0.239 e. The summed E-state index contributed by atoms with van der Waals surface area (Å²) in [5.41, 5.74) is 0. The molecule has 2 heterocycles. The largest absolute Gasteiger partial charge is 0.377 e. The van der Waals surface area contributed by atoms with Crippen molar-refractivity contribution in [1.29, 1.82) is 0 Å². The van der Waals surface area contributed by atoms with E-state index in [1.165, 1.54) is 12.8 Å². The zero-order valence-corrected chi connectivity index (χ0v) is 12.4. The maximum absolute atomic E-state index is 12.4. The van der Waals surface area contributed by atoms with Crippen LogP contribution in [0.15, 0.2) is 0 Å². The second kappa shape index (κ2) is 7.25. The van der Waals surface area contributed by atoms with Crippen LogP contribution in [0, 0.1) is 0 Å². The summed E-state index contributed by atoms with van der Waals surface area (Å²) in [5, 5.41) is 3.42. The summed E-state index contributed by atoms with van der Waals surface area (Å²) in [6.07, 6.45) is 7.36. The van der Waals surface area contributed by atoms with Crippen LogP contribution < -0.4 is 5.32 Å². The van der Waals surface area contributed by atoms with Crippen molar-refractivity contribution in [2.24, 2.45) is 0 Å². The van der Waals surface area contributed by atoms with E-state index >= 15 is 0 Å². The number of likely N-dealkylation sites (tertiary alicyclic amines) is 1. The molecule has 19 heavy (non-hydrogen) atoms. The maximum Gasteiger partial charge on any atom is 0.239 e. The first-order valence-electron chi connectivity index (χ1n) is 7.85. The molecule has 0 radical (unpaired) electrons. The van der Waals surface area contributed by atoms with Gasteiger partial charge in [-0.15, -0.1) is 0 Å². The molecule has 1 amide bonds. The standard InChI is InChI=1S/C15H28N2O2/c1-12(14-8-7-11-19-14)16-13(2)15(18)17-9-5-3-4-6-10-17/h12-14,16H,3-11H2,1-2H3. The number of amides is 1. The average Bonchev–Trinajstić information content (AvgIpc) is 2.81. The van der Waals surface area contributed by atoms with Gasteiger partial charge in [-0.2, -0.15) is 0 Å². The van der Waals surface area contributed by atoms with Gasteiger partial charge in [-0.1, -0.05) is 12.8 Å². The first-order chi connectivity index (χ1) is 9.18. The Morgan fingerprint density at radius 1 is 1.16 bits per heavy atom. The van der Waals surface area contributed by atoms with Crippen molar-refractivity contribution in [3.05, 3.63) is 0 Å². The molecule has 1 N–H and O–H groups in total. The van der Waals surface area contributed by atoms with Crippen LogP contribution in [0.1, 0.15) is 52.4 Å². The highest BCUT2D eigenvalue weighted by Gasteiger charge is 2.27. The minimum Gasteiger partial charge on any atom is -0.377 e. The molecule has 2 saturated heterocycles. The molecule has 3 unspecified atom stereocenters. The van der Waals surface area contributed by atoms with Crippen LogP contribution in [-0.2, 0) is 9.53 Å². The van der Waals surface area contributed by atoms with Gasteiger partial charge in [0.1, 0.15) is 0 Å². The van der Waals surface area contributed by atoms with E-state index in [-0.39, 0.29) is 24.1 Å². The Balaban J connectivity index is 1.80. The van der Waals surface area contributed by atoms with Crippen LogP contribution in [0.5, 0.6) is 0 Å². The maximum atomic E-state index is 12.4. The van der Waals surface area contributed by atoms with Crippen molar-refractivity contribution in [1.82, 2.24) is 10.2 Å². The number of ether oxygens (including phenoxy) is 1. The monoisotopic (exact) mass is 268 g/mol. The van der Waals surface area contributed by atoms with Gasteiger partial charge >= 0.3 is 0 Å². The molecule has 2 rings (SSSR count).